The minimum absolute atomic E-state index is 0.0704. The average molecular weight is 434 g/mol. The minimum Gasteiger partial charge on any atom is -0.479 e. The van der Waals surface area contributed by atoms with Gasteiger partial charge in [0.15, 0.2) is 5.65 Å². The lowest BCUT2D eigenvalue weighted by Gasteiger charge is -2.11. The number of fused-ring (bicyclic) bond motifs is 1. The van der Waals surface area contributed by atoms with Crippen LogP contribution in [0.15, 0.2) is 28.7 Å². The van der Waals surface area contributed by atoms with Gasteiger partial charge in [-0.2, -0.15) is 0 Å². The number of nitrogens with one attached hydrogen (secondary N) is 1. The number of anilines is 1. The largest absolute Gasteiger partial charge is 0.479 e. The van der Waals surface area contributed by atoms with E-state index in [0.717, 1.165) is 44.9 Å². The van der Waals surface area contributed by atoms with Crippen molar-refractivity contribution in [1.82, 2.24) is 19.7 Å². The highest BCUT2D eigenvalue weighted by atomic mass is 16.5. The summed E-state index contributed by atoms with van der Waals surface area (Å²) in [6, 6.07) is 7.51. The van der Waals surface area contributed by atoms with Gasteiger partial charge in [-0.25, -0.2) is 14.6 Å². The van der Waals surface area contributed by atoms with E-state index in [1.54, 1.807) is 11.8 Å². The summed E-state index contributed by atoms with van der Waals surface area (Å²) in [5.41, 5.74) is 6.14. The summed E-state index contributed by atoms with van der Waals surface area (Å²) in [5.74, 6) is 1.81. The summed E-state index contributed by atoms with van der Waals surface area (Å²) in [6.45, 7) is 7.78. The number of carbonyl (C=O) groups is 1. The van der Waals surface area contributed by atoms with Crippen molar-refractivity contribution in [2.24, 2.45) is 7.05 Å². The first-order chi connectivity index (χ1) is 15.3. The lowest BCUT2D eigenvalue weighted by Crippen LogP contribution is -2.13. The zero-order valence-corrected chi connectivity index (χ0v) is 19.2. The van der Waals surface area contributed by atoms with Gasteiger partial charge in [0.2, 0.25) is 17.7 Å². The Labute approximate surface area is 186 Å². The number of aryl methyl sites for hydroxylation is 5. The standard InChI is InChI=1S/C24H27N5O3/c1-13-19(15(3)25-22-21(13)24(31-6)28-29(22)5)10-11-20(30)27-18-9-7-8-17(12-18)23-26-14(2)16(4)32-23/h7-9,12H,10-11H2,1-6H3,(H,27,30). The van der Waals surface area contributed by atoms with E-state index >= 15 is 0 Å². The fourth-order valence-corrected chi connectivity index (χ4v) is 3.90. The number of aromatic nitrogens is 4. The quantitative estimate of drug-likeness (QED) is 0.483. The van der Waals surface area contributed by atoms with Crippen LogP contribution in [0, 0.1) is 27.7 Å². The second-order valence-electron chi connectivity index (χ2n) is 7.92. The first-order valence-electron chi connectivity index (χ1n) is 10.5. The second-order valence-corrected chi connectivity index (χ2v) is 7.92. The van der Waals surface area contributed by atoms with Gasteiger partial charge in [0.1, 0.15) is 5.76 Å². The Morgan fingerprint density at radius 1 is 1.16 bits per heavy atom. The fourth-order valence-electron chi connectivity index (χ4n) is 3.90. The van der Waals surface area contributed by atoms with Crippen LogP contribution in [-0.2, 0) is 18.3 Å². The van der Waals surface area contributed by atoms with Crippen molar-refractivity contribution in [1.29, 1.82) is 0 Å². The summed E-state index contributed by atoms with van der Waals surface area (Å²) >= 11 is 0. The van der Waals surface area contributed by atoms with E-state index in [-0.39, 0.29) is 5.91 Å². The van der Waals surface area contributed by atoms with Gasteiger partial charge in [0, 0.05) is 30.4 Å². The lowest BCUT2D eigenvalue weighted by molar-refractivity contribution is -0.116. The number of pyridine rings is 1. The normalized spacial score (nSPS) is 11.2. The maximum atomic E-state index is 12.7. The zero-order chi connectivity index (χ0) is 23.0. The van der Waals surface area contributed by atoms with Gasteiger partial charge in [-0.15, -0.1) is 5.10 Å². The Morgan fingerprint density at radius 2 is 1.94 bits per heavy atom. The van der Waals surface area contributed by atoms with E-state index < -0.39 is 0 Å². The smallest absolute Gasteiger partial charge is 0.242 e. The van der Waals surface area contributed by atoms with Crippen molar-refractivity contribution >= 4 is 22.6 Å². The number of ether oxygens (including phenoxy) is 1. The zero-order valence-electron chi connectivity index (χ0n) is 19.2. The van der Waals surface area contributed by atoms with Crippen LogP contribution >= 0.6 is 0 Å². The van der Waals surface area contributed by atoms with E-state index in [9.17, 15) is 4.79 Å². The van der Waals surface area contributed by atoms with Crippen LogP contribution < -0.4 is 10.1 Å². The summed E-state index contributed by atoms with van der Waals surface area (Å²) in [4.78, 5) is 21.8. The molecule has 0 aliphatic heterocycles. The van der Waals surface area contributed by atoms with E-state index in [0.29, 0.717) is 30.3 Å². The van der Waals surface area contributed by atoms with E-state index in [4.69, 9.17) is 14.1 Å². The number of carbonyl (C=O) groups excluding carboxylic acids is 1. The van der Waals surface area contributed by atoms with Crippen molar-refractivity contribution in [2.75, 3.05) is 12.4 Å². The maximum Gasteiger partial charge on any atom is 0.242 e. The third-order valence-electron chi connectivity index (χ3n) is 5.74. The molecule has 0 aliphatic rings. The molecule has 0 aliphatic carbocycles. The molecule has 1 amide bonds. The molecule has 3 aromatic heterocycles. The molecule has 0 fully saturated rings. The molecule has 0 saturated carbocycles. The molecule has 0 unspecified atom stereocenters. The summed E-state index contributed by atoms with van der Waals surface area (Å²) < 4.78 is 12.8. The Kier molecular flexibility index (Phi) is 5.69. The number of oxazole rings is 1. The Morgan fingerprint density at radius 3 is 2.62 bits per heavy atom. The number of amides is 1. The molecule has 0 atom stereocenters. The van der Waals surface area contributed by atoms with Crippen molar-refractivity contribution in [3.05, 3.63) is 52.5 Å². The SMILES string of the molecule is COc1nn(C)c2nc(C)c(CCC(=O)Nc3cccc(-c4nc(C)c(C)o4)c3)c(C)c12. The Bertz CT molecular complexity index is 1300. The highest BCUT2D eigenvalue weighted by molar-refractivity contribution is 5.92. The van der Waals surface area contributed by atoms with Crippen LogP contribution in [0.25, 0.3) is 22.5 Å². The summed E-state index contributed by atoms with van der Waals surface area (Å²) in [7, 11) is 3.45. The van der Waals surface area contributed by atoms with Crippen LogP contribution in [0.1, 0.15) is 34.7 Å². The number of methoxy groups -OCH3 is 1. The lowest BCUT2D eigenvalue weighted by atomic mass is 10.00. The van der Waals surface area contributed by atoms with Gasteiger partial charge in [0.25, 0.3) is 0 Å². The van der Waals surface area contributed by atoms with Crippen LogP contribution in [-0.4, -0.2) is 32.8 Å². The number of rotatable bonds is 6. The van der Waals surface area contributed by atoms with Gasteiger partial charge in [-0.05, 0) is 63.4 Å². The molecule has 0 saturated heterocycles. The first-order valence-corrected chi connectivity index (χ1v) is 10.5. The highest BCUT2D eigenvalue weighted by Crippen LogP contribution is 2.30. The Hall–Kier alpha value is -3.68. The third kappa shape index (κ3) is 3.95. The molecule has 4 rings (SSSR count). The minimum atomic E-state index is -0.0704. The maximum absolute atomic E-state index is 12.7. The van der Waals surface area contributed by atoms with E-state index in [2.05, 4.69) is 15.4 Å². The molecule has 32 heavy (non-hydrogen) atoms. The molecule has 1 aromatic carbocycles. The fraction of sp³-hybridized carbons (Fsp3) is 0.333. The van der Waals surface area contributed by atoms with Gasteiger partial charge < -0.3 is 14.5 Å². The third-order valence-corrected chi connectivity index (χ3v) is 5.74. The summed E-state index contributed by atoms with van der Waals surface area (Å²) in [5, 5.41) is 8.25. The van der Waals surface area contributed by atoms with Crippen molar-refractivity contribution in [2.45, 2.75) is 40.5 Å². The van der Waals surface area contributed by atoms with Crippen LogP contribution in [0.3, 0.4) is 0 Å². The van der Waals surface area contributed by atoms with Crippen molar-refractivity contribution in [3.63, 3.8) is 0 Å². The van der Waals surface area contributed by atoms with E-state index in [1.165, 1.54) is 0 Å². The molecule has 3 heterocycles. The molecule has 0 radical (unpaired) electrons. The van der Waals surface area contributed by atoms with Crippen LogP contribution in [0.5, 0.6) is 5.88 Å². The predicted octanol–water partition coefficient (Wildman–Crippen LogP) is 4.44. The van der Waals surface area contributed by atoms with Gasteiger partial charge >= 0.3 is 0 Å². The average Bonchev–Trinajstić information content (AvgIpc) is 3.26. The summed E-state index contributed by atoms with van der Waals surface area (Å²) in [6.07, 6.45) is 0.904. The number of benzene rings is 1. The first kappa shape index (κ1) is 21.5. The second kappa shape index (κ2) is 8.45. The molecule has 0 bridgehead atoms. The van der Waals surface area contributed by atoms with Crippen LogP contribution in [0.2, 0.25) is 0 Å². The van der Waals surface area contributed by atoms with Crippen LogP contribution in [0.4, 0.5) is 5.69 Å². The molecule has 8 heteroatoms. The van der Waals surface area contributed by atoms with Gasteiger partial charge in [-0.3, -0.25) is 4.79 Å². The van der Waals surface area contributed by atoms with Gasteiger partial charge in [-0.1, -0.05) is 6.07 Å². The highest BCUT2D eigenvalue weighted by Gasteiger charge is 2.18. The van der Waals surface area contributed by atoms with E-state index in [1.807, 2.05) is 59.0 Å². The number of nitrogens with zero attached hydrogens (tertiary/aromatic N) is 4. The van der Waals surface area contributed by atoms with Gasteiger partial charge in [0.05, 0.1) is 18.2 Å². The molecule has 8 nitrogen and oxygen atoms in total. The molecule has 1 N–H and O–H groups in total. The predicted molar refractivity (Wildman–Crippen MR) is 123 cm³/mol. The monoisotopic (exact) mass is 433 g/mol. The topological polar surface area (TPSA) is 95.1 Å². The molecule has 0 spiro atoms. The molecule has 166 valence electrons. The molecular weight excluding hydrogens is 406 g/mol. The van der Waals surface area contributed by atoms with Crippen molar-refractivity contribution < 1.29 is 13.9 Å². The Balaban J connectivity index is 1.50. The van der Waals surface area contributed by atoms with Crippen molar-refractivity contribution in [3.8, 4) is 17.3 Å². The molecular formula is C24H27N5O3. The molecule has 4 aromatic rings. The number of hydrogen-bond acceptors (Lipinski definition) is 6. The number of hydrogen-bond donors (Lipinski definition) is 1.